The molecule has 0 bridgehead atoms. The van der Waals surface area contributed by atoms with Gasteiger partial charge >= 0.3 is 0 Å². The number of carbonyl (C=O) groups excluding carboxylic acids is 1. The molecule has 2 saturated heterocycles. The van der Waals surface area contributed by atoms with Crippen LogP contribution in [0.3, 0.4) is 0 Å². The fourth-order valence-corrected chi connectivity index (χ4v) is 5.07. The summed E-state index contributed by atoms with van der Waals surface area (Å²) in [6, 6.07) is 3.97. The summed E-state index contributed by atoms with van der Waals surface area (Å²) >= 11 is 1.53. The lowest BCUT2D eigenvalue weighted by atomic mass is 9.77. The average molecular weight is 387 g/mol. The van der Waals surface area contributed by atoms with Crippen LogP contribution in [-0.2, 0) is 11.3 Å². The molecule has 2 aromatic rings. The average Bonchev–Trinajstić information content (AvgIpc) is 3.36. The number of hydrogen-bond donors (Lipinski definition) is 0. The van der Waals surface area contributed by atoms with E-state index in [-0.39, 0.29) is 11.3 Å². The molecule has 2 aliphatic heterocycles. The smallest absolute Gasteiger partial charge is 0.273 e. The Morgan fingerprint density at radius 1 is 1.44 bits per heavy atom. The Kier molecular flexibility index (Phi) is 5.25. The van der Waals surface area contributed by atoms with E-state index in [2.05, 4.69) is 21.9 Å². The highest BCUT2D eigenvalue weighted by atomic mass is 32.1. The SMILES string of the molecule is Cc1nc(C(=O)N2CC[C@@]3(CN(C)C[C@H]3COCc3cccnc3)C2)cs1. The number of amides is 1. The van der Waals surface area contributed by atoms with Crippen LogP contribution in [0.25, 0.3) is 0 Å². The summed E-state index contributed by atoms with van der Waals surface area (Å²) in [7, 11) is 2.16. The number of thiazole rings is 1. The molecule has 4 heterocycles. The second-order valence-corrected chi connectivity index (χ2v) is 8.92. The maximum atomic E-state index is 12.8. The van der Waals surface area contributed by atoms with Crippen molar-refractivity contribution in [1.29, 1.82) is 0 Å². The third-order valence-corrected chi connectivity index (χ3v) is 6.58. The highest BCUT2D eigenvalue weighted by Crippen LogP contribution is 2.44. The maximum Gasteiger partial charge on any atom is 0.273 e. The van der Waals surface area contributed by atoms with Crippen molar-refractivity contribution in [3.05, 3.63) is 46.2 Å². The number of carbonyl (C=O) groups is 1. The fraction of sp³-hybridized carbons (Fsp3) is 0.550. The normalized spacial score (nSPS) is 25.6. The van der Waals surface area contributed by atoms with Crippen LogP contribution in [0.4, 0.5) is 0 Å². The second-order valence-electron chi connectivity index (χ2n) is 7.86. The van der Waals surface area contributed by atoms with Gasteiger partial charge in [0.15, 0.2) is 0 Å². The molecule has 0 saturated carbocycles. The molecular weight excluding hydrogens is 360 g/mol. The fourth-order valence-electron chi connectivity index (χ4n) is 4.49. The molecule has 2 atom stereocenters. The molecule has 1 spiro atoms. The van der Waals surface area contributed by atoms with Crippen molar-refractivity contribution < 1.29 is 9.53 Å². The first-order valence-electron chi connectivity index (χ1n) is 9.42. The van der Waals surface area contributed by atoms with Gasteiger partial charge in [-0.15, -0.1) is 11.3 Å². The number of aryl methyl sites for hydroxylation is 1. The van der Waals surface area contributed by atoms with Gasteiger partial charge in [-0.3, -0.25) is 9.78 Å². The van der Waals surface area contributed by atoms with Gasteiger partial charge in [-0.1, -0.05) is 6.07 Å². The van der Waals surface area contributed by atoms with Crippen molar-refractivity contribution in [3.8, 4) is 0 Å². The van der Waals surface area contributed by atoms with E-state index in [0.29, 0.717) is 18.2 Å². The highest BCUT2D eigenvalue weighted by Gasteiger charge is 2.50. The predicted molar refractivity (Wildman–Crippen MR) is 105 cm³/mol. The summed E-state index contributed by atoms with van der Waals surface area (Å²) < 4.78 is 6.04. The van der Waals surface area contributed by atoms with E-state index in [9.17, 15) is 4.79 Å². The zero-order valence-electron chi connectivity index (χ0n) is 15.9. The topological polar surface area (TPSA) is 58.6 Å². The largest absolute Gasteiger partial charge is 0.376 e. The Hall–Kier alpha value is -1.83. The number of aromatic nitrogens is 2. The Morgan fingerprint density at radius 3 is 3.07 bits per heavy atom. The number of nitrogens with zero attached hydrogens (tertiary/aromatic N) is 4. The third-order valence-electron chi connectivity index (χ3n) is 5.80. The molecule has 2 aromatic heterocycles. The van der Waals surface area contributed by atoms with Gasteiger partial charge in [-0.2, -0.15) is 0 Å². The van der Waals surface area contributed by atoms with E-state index in [0.717, 1.165) is 49.8 Å². The van der Waals surface area contributed by atoms with E-state index in [4.69, 9.17) is 4.74 Å². The minimum absolute atomic E-state index is 0.0702. The maximum absolute atomic E-state index is 12.8. The van der Waals surface area contributed by atoms with Crippen molar-refractivity contribution in [3.63, 3.8) is 0 Å². The molecule has 2 fully saturated rings. The zero-order valence-corrected chi connectivity index (χ0v) is 16.7. The minimum Gasteiger partial charge on any atom is -0.376 e. The van der Waals surface area contributed by atoms with Crippen LogP contribution >= 0.6 is 11.3 Å². The van der Waals surface area contributed by atoms with E-state index in [1.165, 1.54) is 11.3 Å². The van der Waals surface area contributed by atoms with E-state index in [1.54, 1.807) is 6.20 Å². The van der Waals surface area contributed by atoms with Gasteiger partial charge < -0.3 is 14.5 Å². The van der Waals surface area contributed by atoms with E-state index in [1.807, 2.05) is 35.5 Å². The lowest BCUT2D eigenvalue weighted by Gasteiger charge is -2.30. The highest BCUT2D eigenvalue weighted by molar-refractivity contribution is 7.09. The number of ether oxygens (including phenoxy) is 1. The second kappa shape index (κ2) is 7.66. The summed E-state index contributed by atoms with van der Waals surface area (Å²) in [6.45, 7) is 6.89. The standard InChI is InChI=1S/C20H26N4O2S/c1-15-22-18(12-27-15)19(25)24-7-5-20(14-24)13-23(2)9-17(20)11-26-10-16-4-3-6-21-8-16/h3-4,6,8,12,17H,5,7,9-11,13-14H2,1-2H3/t17-,20+/m0/s1. The molecule has 6 nitrogen and oxygen atoms in total. The first-order chi connectivity index (χ1) is 13.1. The number of hydrogen-bond acceptors (Lipinski definition) is 6. The van der Waals surface area contributed by atoms with Gasteiger partial charge in [-0.05, 0) is 32.0 Å². The molecule has 144 valence electrons. The molecule has 0 unspecified atom stereocenters. The van der Waals surface area contributed by atoms with E-state index < -0.39 is 0 Å². The molecule has 0 aromatic carbocycles. The Balaban J connectivity index is 1.39. The predicted octanol–water partition coefficient (Wildman–Crippen LogP) is 2.46. The van der Waals surface area contributed by atoms with Crippen LogP contribution < -0.4 is 0 Å². The van der Waals surface area contributed by atoms with Gasteiger partial charge in [0.25, 0.3) is 5.91 Å². The summed E-state index contributed by atoms with van der Waals surface area (Å²) in [5.74, 6) is 0.509. The molecule has 0 N–H and O–H groups in total. The quantitative estimate of drug-likeness (QED) is 0.790. The molecular formula is C20H26N4O2S. The van der Waals surface area contributed by atoms with Crippen molar-refractivity contribution in [2.75, 3.05) is 39.8 Å². The van der Waals surface area contributed by atoms with Crippen molar-refractivity contribution >= 4 is 17.2 Å². The number of pyridine rings is 1. The van der Waals surface area contributed by atoms with Crippen molar-refractivity contribution in [2.24, 2.45) is 11.3 Å². The van der Waals surface area contributed by atoms with Crippen molar-refractivity contribution in [1.82, 2.24) is 19.8 Å². The van der Waals surface area contributed by atoms with Crippen LogP contribution in [0.2, 0.25) is 0 Å². The molecule has 0 aliphatic carbocycles. The lowest BCUT2D eigenvalue weighted by molar-refractivity contribution is 0.0494. The Morgan fingerprint density at radius 2 is 2.33 bits per heavy atom. The summed E-state index contributed by atoms with van der Waals surface area (Å²) in [4.78, 5) is 25.7. The Labute approximate surface area is 164 Å². The monoisotopic (exact) mass is 386 g/mol. The number of likely N-dealkylation sites (tertiary alicyclic amines) is 2. The zero-order chi connectivity index (χ0) is 18.9. The Bertz CT molecular complexity index is 796. The minimum atomic E-state index is 0.0702. The number of rotatable bonds is 5. The molecule has 2 aliphatic rings. The van der Waals surface area contributed by atoms with E-state index >= 15 is 0 Å². The summed E-state index contributed by atoms with van der Waals surface area (Å²) in [6.07, 6.45) is 4.66. The molecule has 27 heavy (non-hydrogen) atoms. The molecule has 4 rings (SSSR count). The van der Waals surface area contributed by atoms with Crippen LogP contribution in [0.1, 0.15) is 27.5 Å². The lowest BCUT2D eigenvalue weighted by Crippen LogP contribution is -2.38. The first-order valence-corrected chi connectivity index (χ1v) is 10.3. The van der Waals surface area contributed by atoms with Gasteiger partial charge in [0.1, 0.15) is 5.69 Å². The third kappa shape index (κ3) is 3.90. The molecule has 0 radical (unpaired) electrons. The van der Waals surface area contributed by atoms with Gasteiger partial charge in [0.05, 0.1) is 18.2 Å². The summed E-state index contributed by atoms with van der Waals surface area (Å²) in [5, 5.41) is 2.81. The van der Waals surface area contributed by atoms with Crippen LogP contribution in [0, 0.1) is 18.3 Å². The van der Waals surface area contributed by atoms with Gasteiger partial charge in [0, 0.05) is 55.3 Å². The molecule has 7 heteroatoms. The summed E-state index contributed by atoms with van der Waals surface area (Å²) in [5.41, 5.74) is 1.81. The first kappa shape index (κ1) is 18.5. The van der Waals surface area contributed by atoms with Gasteiger partial charge in [-0.25, -0.2) is 4.98 Å². The van der Waals surface area contributed by atoms with Crippen LogP contribution in [-0.4, -0.2) is 65.5 Å². The van der Waals surface area contributed by atoms with Crippen molar-refractivity contribution in [2.45, 2.75) is 20.0 Å². The molecule has 1 amide bonds. The van der Waals surface area contributed by atoms with Gasteiger partial charge in [0.2, 0.25) is 0 Å². The van der Waals surface area contributed by atoms with Crippen LogP contribution in [0.5, 0.6) is 0 Å². The van der Waals surface area contributed by atoms with Crippen LogP contribution in [0.15, 0.2) is 29.9 Å².